The fourth-order valence-electron chi connectivity index (χ4n) is 4.85. The smallest absolute Gasteiger partial charge is 0.324 e. The topological polar surface area (TPSA) is 102 Å². The van der Waals surface area contributed by atoms with Gasteiger partial charge in [0.2, 0.25) is 10.0 Å². The Hall–Kier alpha value is -2.46. The maximum Gasteiger partial charge on any atom is 0.324 e. The summed E-state index contributed by atoms with van der Waals surface area (Å²) in [5, 5.41) is 4.08. The van der Waals surface area contributed by atoms with Crippen LogP contribution in [0.15, 0.2) is 22.9 Å². The zero-order chi connectivity index (χ0) is 23.2. The molecule has 5 heterocycles. The average molecular weight is 474 g/mol. The molecule has 5 rings (SSSR count). The molecule has 0 saturated carbocycles. The number of rotatable bonds is 5. The Morgan fingerprint density at radius 3 is 2.61 bits per heavy atom. The number of pyridine rings is 1. The molecule has 0 spiro atoms. The van der Waals surface area contributed by atoms with Crippen LogP contribution in [0.2, 0.25) is 0 Å². The number of anilines is 1. The van der Waals surface area contributed by atoms with Crippen LogP contribution in [0.25, 0.3) is 5.57 Å². The molecule has 0 bridgehead atoms. The van der Waals surface area contributed by atoms with E-state index in [1.54, 1.807) is 0 Å². The van der Waals surface area contributed by atoms with Crippen LogP contribution in [0.3, 0.4) is 0 Å². The molecule has 1 atom stereocenters. The van der Waals surface area contributed by atoms with Crippen molar-refractivity contribution in [3.05, 3.63) is 35.4 Å². The first-order valence-electron chi connectivity index (χ1n) is 11.7. The molecule has 0 amide bonds. The van der Waals surface area contributed by atoms with E-state index in [4.69, 9.17) is 9.26 Å². The van der Waals surface area contributed by atoms with Gasteiger partial charge in [-0.3, -0.25) is 4.98 Å². The van der Waals surface area contributed by atoms with Gasteiger partial charge in [0.1, 0.15) is 11.9 Å². The van der Waals surface area contributed by atoms with E-state index in [0.717, 1.165) is 55.2 Å². The first-order valence-corrected chi connectivity index (χ1v) is 13.5. The molecule has 0 unspecified atom stereocenters. The number of fused-ring (bicyclic) bond motifs is 1. The van der Waals surface area contributed by atoms with Gasteiger partial charge in [-0.1, -0.05) is 25.1 Å². The van der Waals surface area contributed by atoms with E-state index < -0.39 is 10.0 Å². The predicted molar refractivity (Wildman–Crippen MR) is 125 cm³/mol. The zero-order valence-corrected chi connectivity index (χ0v) is 20.2. The number of ether oxygens (including phenoxy) is 1. The molecule has 2 aromatic heterocycles. The minimum atomic E-state index is -3.15. The predicted octanol–water partition coefficient (Wildman–Crippen LogP) is 2.86. The second-order valence-corrected chi connectivity index (χ2v) is 11.5. The van der Waals surface area contributed by atoms with Crippen molar-refractivity contribution < 1.29 is 17.7 Å². The van der Waals surface area contributed by atoms with Gasteiger partial charge in [0.25, 0.3) is 0 Å². The molecule has 1 fully saturated rings. The number of sulfonamides is 1. The van der Waals surface area contributed by atoms with Gasteiger partial charge in [-0.25, -0.2) is 8.42 Å². The van der Waals surface area contributed by atoms with Crippen LogP contribution in [-0.4, -0.2) is 66.4 Å². The van der Waals surface area contributed by atoms with Gasteiger partial charge in [0.15, 0.2) is 5.82 Å². The highest BCUT2D eigenvalue weighted by Crippen LogP contribution is 2.37. The molecule has 0 N–H and O–H groups in total. The van der Waals surface area contributed by atoms with Crippen LogP contribution in [0.4, 0.5) is 6.01 Å². The van der Waals surface area contributed by atoms with Crippen LogP contribution in [0, 0.1) is 5.92 Å². The number of aromatic nitrogens is 3. The number of hydrogen-bond acceptors (Lipinski definition) is 8. The Balaban J connectivity index is 1.20. The summed E-state index contributed by atoms with van der Waals surface area (Å²) in [6, 6.07) is 2.75. The molecule has 178 valence electrons. The first-order chi connectivity index (χ1) is 15.8. The maximum atomic E-state index is 11.7. The van der Waals surface area contributed by atoms with Crippen molar-refractivity contribution >= 4 is 21.6 Å². The lowest BCUT2D eigenvalue weighted by atomic mass is 9.89. The average Bonchev–Trinajstić information content (AvgIpc) is 3.46. The second kappa shape index (κ2) is 8.72. The highest BCUT2D eigenvalue weighted by molar-refractivity contribution is 7.88. The number of piperidine rings is 1. The van der Waals surface area contributed by atoms with E-state index in [-0.39, 0.29) is 12.0 Å². The molecule has 1 saturated heterocycles. The van der Waals surface area contributed by atoms with Gasteiger partial charge < -0.3 is 14.2 Å². The third-order valence-electron chi connectivity index (χ3n) is 6.90. The summed E-state index contributed by atoms with van der Waals surface area (Å²) in [6.45, 7) is 6.79. The molecule has 0 radical (unpaired) electrons. The first kappa shape index (κ1) is 22.3. The summed E-state index contributed by atoms with van der Waals surface area (Å²) in [7, 11) is -3.15. The Labute approximate surface area is 194 Å². The van der Waals surface area contributed by atoms with Gasteiger partial charge in [0, 0.05) is 44.1 Å². The van der Waals surface area contributed by atoms with Crippen molar-refractivity contribution in [2.75, 3.05) is 37.3 Å². The highest BCUT2D eigenvalue weighted by atomic mass is 32.2. The third kappa shape index (κ3) is 4.63. The normalized spacial score (nSPS) is 22.4. The molecule has 0 aliphatic carbocycles. The van der Waals surface area contributed by atoms with Gasteiger partial charge in [0.05, 0.1) is 18.1 Å². The van der Waals surface area contributed by atoms with Crippen molar-refractivity contribution in [1.82, 2.24) is 19.4 Å². The standard InChI is InChI=1S/C23H31N5O4S/c1-15(2)22-25-23(32-26-22)27-8-4-17(5-9-27)20-13-18-12-19(24-14-21(18)31-20)16-6-10-28(11-7-16)33(3,29)30/h6,12,14-15,17,20H,4-5,7-11,13H2,1-3H3/t20-/m0/s1. The van der Waals surface area contributed by atoms with Crippen molar-refractivity contribution in [1.29, 1.82) is 0 Å². The molecule has 2 aromatic rings. The Kier molecular flexibility index (Phi) is 5.90. The van der Waals surface area contributed by atoms with Gasteiger partial charge in [-0.2, -0.15) is 9.29 Å². The Morgan fingerprint density at radius 1 is 1.18 bits per heavy atom. The molecular weight excluding hydrogens is 442 g/mol. The number of hydrogen-bond donors (Lipinski definition) is 0. The lowest BCUT2D eigenvalue weighted by molar-refractivity contribution is 0.137. The van der Waals surface area contributed by atoms with Crippen molar-refractivity contribution in [2.24, 2.45) is 5.92 Å². The van der Waals surface area contributed by atoms with Crippen LogP contribution >= 0.6 is 0 Å². The van der Waals surface area contributed by atoms with E-state index in [1.807, 2.05) is 12.3 Å². The molecule has 3 aliphatic heterocycles. The quantitative estimate of drug-likeness (QED) is 0.653. The second-order valence-electron chi connectivity index (χ2n) is 9.55. The summed E-state index contributed by atoms with van der Waals surface area (Å²) < 4.78 is 36.7. The molecular formula is C23H31N5O4S. The lowest BCUT2D eigenvalue weighted by Gasteiger charge is -2.33. The summed E-state index contributed by atoms with van der Waals surface area (Å²) in [4.78, 5) is 11.3. The zero-order valence-electron chi connectivity index (χ0n) is 19.4. The third-order valence-corrected chi connectivity index (χ3v) is 8.17. The van der Waals surface area contributed by atoms with Crippen LogP contribution < -0.4 is 9.64 Å². The SMILES string of the molecule is CC(C)c1noc(N2CCC([C@@H]3Cc4cc(C5=CCN(S(C)(=O)=O)CC5)ncc4O3)CC2)n1. The number of nitrogens with zero attached hydrogens (tertiary/aromatic N) is 5. The lowest BCUT2D eigenvalue weighted by Crippen LogP contribution is -2.39. The Bertz CT molecular complexity index is 1150. The summed E-state index contributed by atoms with van der Waals surface area (Å²) in [5.41, 5.74) is 3.23. The van der Waals surface area contributed by atoms with Gasteiger partial charge in [-0.15, -0.1) is 0 Å². The van der Waals surface area contributed by atoms with Crippen LogP contribution in [-0.2, 0) is 16.4 Å². The summed E-state index contributed by atoms with van der Waals surface area (Å²) >= 11 is 0. The molecule has 9 nitrogen and oxygen atoms in total. The Morgan fingerprint density at radius 2 is 1.97 bits per heavy atom. The molecule has 33 heavy (non-hydrogen) atoms. The maximum absolute atomic E-state index is 11.7. The van der Waals surface area contributed by atoms with E-state index in [0.29, 0.717) is 31.4 Å². The van der Waals surface area contributed by atoms with Gasteiger partial charge in [-0.05, 0) is 36.8 Å². The highest BCUT2D eigenvalue weighted by Gasteiger charge is 2.34. The fourth-order valence-corrected chi connectivity index (χ4v) is 5.61. The summed E-state index contributed by atoms with van der Waals surface area (Å²) in [6.07, 6.45) is 8.82. The van der Waals surface area contributed by atoms with Crippen molar-refractivity contribution in [2.45, 2.75) is 51.6 Å². The fraction of sp³-hybridized carbons (Fsp3) is 0.609. The minimum Gasteiger partial charge on any atom is -0.488 e. The van der Waals surface area contributed by atoms with Crippen molar-refractivity contribution in [3.63, 3.8) is 0 Å². The molecule has 0 aromatic carbocycles. The van der Waals surface area contributed by atoms with Crippen molar-refractivity contribution in [3.8, 4) is 5.75 Å². The largest absolute Gasteiger partial charge is 0.488 e. The van der Waals surface area contributed by atoms with Crippen LogP contribution in [0.1, 0.15) is 56.1 Å². The van der Waals surface area contributed by atoms with Crippen LogP contribution in [0.5, 0.6) is 5.75 Å². The molecule has 10 heteroatoms. The van der Waals surface area contributed by atoms with E-state index in [2.05, 4.69) is 39.9 Å². The minimum absolute atomic E-state index is 0.161. The van der Waals surface area contributed by atoms with E-state index >= 15 is 0 Å². The van der Waals surface area contributed by atoms with Gasteiger partial charge >= 0.3 is 6.01 Å². The monoisotopic (exact) mass is 473 g/mol. The van der Waals surface area contributed by atoms with E-state index in [1.165, 1.54) is 16.1 Å². The summed E-state index contributed by atoms with van der Waals surface area (Å²) in [5.74, 6) is 2.36. The molecule has 3 aliphatic rings. The van der Waals surface area contributed by atoms with E-state index in [9.17, 15) is 8.42 Å².